The number of hydrazone groups is 1. The highest BCUT2D eigenvalue weighted by Gasteiger charge is 2.11. The Morgan fingerprint density at radius 1 is 1.36 bits per heavy atom. The quantitative estimate of drug-likeness (QED) is 0.593. The molecule has 0 saturated carbocycles. The molecule has 0 aliphatic rings. The number of nitrogens with zero attached hydrogens (tertiary/aromatic N) is 2. The van der Waals surface area contributed by atoms with E-state index in [1.807, 2.05) is 18.2 Å². The minimum Gasteiger partial charge on any atom is -0.493 e. The largest absolute Gasteiger partial charge is 0.493 e. The van der Waals surface area contributed by atoms with Crippen LogP contribution in [0.3, 0.4) is 0 Å². The van der Waals surface area contributed by atoms with Crippen LogP contribution in [0.25, 0.3) is 0 Å². The predicted molar refractivity (Wildman–Crippen MR) is 97.6 cm³/mol. The van der Waals surface area contributed by atoms with E-state index in [0.29, 0.717) is 17.1 Å². The Kier molecular flexibility index (Phi) is 6.54. The van der Waals surface area contributed by atoms with E-state index in [-0.39, 0.29) is 12.5 Å². The van der Waals surface area contributed by atoms with Gasteiger partial charge in [-0.1, -0.05) is 18.2 Å². The number of nitrogens with one attached hydrogen (secondary N) is 1. The van der Waals surface area contributed by atoms with Gasteiger partial charge in [0.1, 0.15) is 6.61 Å². The predicted octanol–water partition coefficient (Wildman–Crippen LogP) is 3.38. The minimum absolute atomic E-state index is 0.242. The minimum atomic E-state index is -0.254. The maximum Gasteiger partial charge on any atom is 0.236 e. The number of benzene rings is 2. The Hall–Kier alpha value is -2.85. The molecule has 0 atom stereocenters. The molecule has 0 spiro atoms. The molecule has 1 N–H and O–H groups in total. The summed E-state index contributed by atoms with van der Waals surface area (Å²) in [6.45, 7) is 1.62. The fourth-order valence-electron chi connectivity index (χ4n) is 2.03. The second-order valence-corrected chi connectivity index (χ2v) is 5.86. The molecule has 128 valence electrons. The van der Waals surface area contributed by atoms with Crippen LogP contribution >= 0.6 is 15.9 Å². The molecule has 0 aliphatic heterocycles. The molecule has 0 aromatic heterocycles. The van der Waals surface area contributed by atoms with Gasteiger partial charge in [0.15, 0.2) is 11.5 Å². The van der Waals surface area contributed by atoms with Gasteiger partial charge < -0.3 is 9.47 Å². The monoisotopic (exact) mass is 401 g/mol. The van der Waals surface area contributed by atoms with Crippen molar-refractivity contribution in [1.29, 1.82) is 5.26 Å². The Balaban J connectivity index is 2.21. The standard InChI is InChI=1S/C18H16BrN3O3/c1-12(23)22-21-10-15-7-17(24-2)18(8-16(15)19)25-11-14-6-4-3-5-13(14)9-20/h3-8,10H,11H2,1-2H3,(H,22,23)/b21-10+. The number of amides is 1. The number of carbonyl (C=O) groups excluding carboxylic acids is 1. The van der Waals surface area contributed by atoms with Crippen molar-refractivity contribution in [3.8, 4) is 17.6 Å². The lowest BCUT2D eigenvalue weighted by molar-refractivity contribution is -0.118. The first-order valence-corrected chi connectivity index (χ1v) is 8.12. The summed E-state index contributed by atoms with van der Waals surface area (Å²) >= 11 is 3.44. The van der Waals surface area contributed by atoms with Crippen LogP contribution in [0.2, 0.25) is 0 Å². The summed E-state index contributed by atoms with van der Waals surface area (Å²) in [5, 5.41) is 13.0. The van der Waals surface area contributed by atoms with Crippen molar-refractivity contribution in [3.63, 3.8) is 0 Å². The molecule has 0 unspecified atom stereocenters. The molecule has 2 aromatic rings. The molecule has 0 heterocycles. The smallest absolute Gasteiger partial charge is 0.236 e. The van der Waals surface area contributed by atoms with Gasteiger partial charge in [0.2, 0.25) is 5.91 Å². The van der Waals surface area contributed by atoms with Crippen LogP contribution in [0.4, 0.5) is 0 Å². The number of carbonyl (C=O) groups is 1. The first-order valence-electron chi connectivity index (χ1n) is 7.33. The number of nitriles is 1. The van der Waals surface area contributed by atoms with E-state index >= 15 is 0 Å². The molecule has 0 aliphatic carbocycles. The maximum absolute atomic E-state index is 10.9. The first-order chi connectivity index (χ1) is 12.0. The highest BCUT2D eigenvalue weighted by Crippen LogP contribution is 2.33. The van der Waals surface area contributed by atoms with E-state index in [1.165, 1.54) is 20.2 Å². The van der Waals surface area contributed by atoms with Gasteiger partial charge in [-0.2, -0.15) is 10.4 Å². The van der Waals surface area contributed by atoms with E-state index < -0.39 is 0 Å². The van der Waals surface area contributed by atoms with Crippen LogP contribution < -0.4 is 14.9 Å². The second kappa shape index (κ2) is 8.85. The molecule has 7 heteroatoms. The topological polar surface area (TPSA) is 83.7 Å². The Morgan fingerprint density at radius 3 is 2.80 bits per heavy atom. The van der Waals surface area contributed by atoms with Gasteiger partial charge in [0, 0.05) is 22.5 Å². The van der Waals surface area contributed by atoms with Gasteiger partial charge in [-0.15, -0.1) is 0 Å². The highest BCUT2D eigenvalue weighted by molar-refractivity contribution is 9.10. The number of hydrogen-bond acceptors (Lipinski definition) is 5. The lowest BCUT2D eigenvalue weighted by Crippen LogP contribution is -2.12. The fraction of sp³-hybridized carbons (Fsp3) is 0.167. The van der Waals surface area contributed by atoms with E-state index in [4.69, 9.17) is 14.7 Å². The van der Waals surface area contributed by atoms with Crippen LogP contribution in [0.15, 0.2) is 46.0 Å². The summed E-state index contributed by atoms with van der Waals surface area (Å²) in [6, 6.07) is 12.9. The van der Waals surface area contributed by atoms with E-state index in [0.717, 1.165) is 15.6 Å². The van der Waals surface area contributed by atoms with Crippen LogP contribution in [0, 0.1) is 11.3 Å². The molecule has 1 amide bonds. The first kappa shape index (κ1) is 18.5. The van der Waals surface area contributed by atoms with Gasteiger partial charge in [0.25, 0.3) is 0 Å². The van der Waals surface area contributed by atoms with Crippen molar-refractivity contribution in [2.75, 3.05) is 7.11 Å². The Bertz CT molecular complexity index is 844. The average molecular weight is 402 g/mol. The van der Waals surface area contributed by atoms with Crippen molar-refractivity contribution in [2.45, 2.75) is 13.5 Å². The van der Waals surface area contributed by atoms with E-state index in [1.54, 1.807) is 18.2 Å². The zero-order chi connectivity index (χ0) is 18.2. The molecule has 0 radical (unpaired) electrons. The Morgan fingerprint density at radius 2 is 2.12 bits per heavy atom. The van der Waals surface area contributed by atoms with Crippen molar-refractivity contribution < 1.29 is 14.3 Å². The summed E-state index contributed by atoms with van der Waals surface area (Å²) in [4.78, 5) is 10.9. The zero-order valence-corrected chi connectivity index (χ0v) is 15.3. The van der Waals surface area contributed by atoms with E-state index in [9.17, 15) is 4.79 Å². The van der Waals surface area contributed by atoms with Crippen LogP contribution in [0.5, 0.6) is 11.5 Å². The lowest BCUT2D eigenvalue weighted by atomic mass is 10.1. The van der Waals surface area contributed by atoms with Gasteiger partial charge in [-0.25, -0.2) is 5.43 Å². The van der Waals surface area contributed by atoms with Crippen LogP contribution in [-0.2, 0) is 11.4 Å². The number of rotatable bonds is 6. The molecule has 6 nitrogen and oxygen atoms in total. The number of methoxy groups -OCH3 is 1. The normalized spacial score (nSPS) is 10.3. The summed E-state index contributed by atoms with van der Waals surface area (Å²) < 4.78 is 11.9. The molecule has 2 aromatic carbocycles. The van der Waals surface area contributed by atoms with E-state index in [2.05, 4.69) is 32.5 Å². The third-order valence-electron chi connectivity index (χ3n) is 3.23. The molecule has 25 heavy (non-hydrogen) atoms. The second-order valence-electron chi connectivity index (χ2n) is 5.01. The highest BCUT2D eigenvalue weighted by atomic mass is 79.9. The van der Waals surface area contributed by atoms with Crippen LogP contribution in [0.1, 0.15) is 23.6 Å². The third-order valence-corrected chi connectivity index (χ3v) is 3.92. The van der Waals surface area contributed by atoms with Crippen molar-refractivity contribution in [3.05, 3.63) is 57.6 Å². The SMILES string of the molecule is COc1cc(/C=N/NC(C)=O)c(Br)cc1OCc1ccccc1C#N. The fourth-order valence-corrected chi connectivity index (χ4v) is 2.45. The number of halogens is 1. The summed E-state index contributed by atoms with van der Waals surface area (Å²) in [5.74, 6) is 0.788. The van der Waals surface area contributed by atoms with Gasteiger partial charge in [-0.3, -0.25) is 4.79 Å². The maximum atomic E-state index is 10.9. The number of ether oxygens (including phenoxy) is 2. The summed E-state index contributed by atoms with van der Waals surface area (Å²) in [6.07, 6.45) is 1.50. The molecule has 0 bridgehead atoms. The average Bonchev–Trinajstić information content (AvgIpc) is 2.61. The molecular weight excluding hydrogens is 386 g/mol. The zero-order valence-electron chi connectivity index (χ0n) is 13.7. The third kappa shape index (κ3) is 5.06. The van der Waals surface area contributed by atoms with Crippen molar-refractivity contribution >= 4 is 28.1 Å². The van der Waals surface area contributed by atoms with Crippen molar-refractivity contribution in [1.82, 2.24) is 5.43 Å². The summed E-state index contributed by atoms with van der Waals surface area (Å²) in [5.41, 5.74) is 4.42. The molecule has 0 fully saturated rings. The van der Waals surface area contributed by atoms with Gasteiger partial charge >= 0.3 is 0 Å². The Labute approximate surface area is 154 Å². The molecular formula is C18H16BrN3O3. The van der Waals surface area contributed by atoms with Gasteiger partial charge in [-0.05, 0) is 34.1 Å². The molecule has 0 saturated heterocycles. The lowest BCUT2D eigenvalue weighted by Gasteiger charge is -2.13. The van der Waals surface area contributed by atoms with Crippen LogP contribution in [-0.4, -0.2) is 19.2 Å². The number of hydrogen-bond donors (Lipinski definition) is 1. The van der Waals surface area contributed by atoms with Gasteiger partial charge in [0.05, 0.1) is 25.0 Å². The van der Waals surface area contributed by atoms with Crippen molar-refractivity contribution in [2.24, 2.45) is 5.10 Å². The molecule has 2 rings (SSSR count). The summed E-state index contributed by atoms with van der Waals surface area (Å²) in [7, 11) is 1.54.